The van der Waals surface area contributed by atoms with E-state index in [2.05, 4.69) is 4.90 Å². The molecule has 1 atom stereocenters. The number of hydrogen-bond acceptors (Lipinski definition) is 2. The van der Waals surface area contributed by atoms with Crippen molar-refractivity contribution in [3.63, 3.8) is 0 Å². The Hall–Kier alpha value is -1.63. The summed E-state index contributed by atoms with van der Waals surface area (Å²) in [4.78, 5) is 16.0. The number of rotatable bonds is 3. The van der Waals surface area contributed by atoms with E-state index in [1.165, 1.54) is 18.2 Å². The number of likely N-dealkylation sites (N-methyl/N-ethyl adjacent to an activating group) is 1. The highest BCUT2D eigenvalue weighted by molar-refractivity contribution is 5.88. The highest BCUT2D eigenvalue weighted by Crippen LogP contribution is 2.35. The molecule has 1 aliphatic carbocycles. The zero-order valence-corrected chi connectivity index (χ0v) is 13.8. The van der Waals surface area contributed by atoms with E-state index in [1.807, 2.05) is 7.05 Å². The van der Waals surface area contributed by atoms with Crippen molar-refractivity contribution < 1.29 is 22.4 Å². The Labute approximate surface area is 139 Å². The van der Waals surface area contributed by atoms with Gasteiger partial charge in [0.15, 0.2) is 0 Å². The summed E-state index contributed by atoms with van der Waals surface area (Å²) in [6.07, 6.45) is -0.593. The standard InChI is InChI=1S/C17H22F4N2O/c1-22-9-7-13(8-10-22)23(2)16(24)6-4-12-3-5-15(18)14(11-12)17(19,20)21/h3-4,6,11,13,15H,5,7-10H2,1-2H3/b6-4+. The average molecular weight is 346 g/mol. The van der Waals surface area contributed by atoms with Crippen LogP contribution in [0.25, 0.3) is 0 Å². The molecule has 7 heteroatoms. The summed E-state index contributed by atoms with van der Waals surface area (Å²) >= 11 is 0. The molecule has 1 heterocycles. The normalized spacial score (nSPS) is 24.0. The van der Waals surface area contributed by atoms with E-state index >= 15 is 0 Å². The SMILES string of the molecule is CN1CCC(N(C)C(=O)/C=C/C2=CCC(F)C(C(F)(F)F)=C2)CC1. The molecule has 1 fully saturated rings. The Balaban J connectivity index is 2.00. The highest BCUT2D eigenvalue weighted by atomic mass is 19.4. The van der Waals surface area contributed by atoms with Crippen LogP contribution in [0.5, 0.6) is 0 Å². The molecule has 2 aliphatic rings. The van der Waals surface area contributed by atoms with Crippen LogP contribution in [0.1, 0.15) is 19.3 Å². The van der Waals surface area contributed by atoms with Crippen LogP contribution in [0.2, 0.25) is 0 Å². The van der Waals surface area contributed by atoms with Gasteiger partial charge in [0.2, 0.25) is 5.91 Å². The van der Waals surface area contributed by atoms with Crippen LogP contribution in [0.4, 0.5) is 17.6 Å². The lowest BCUT2D eigenvalue weighted by Crippen LogP contribution is -2.43. The van der Waals surface area contributed by atoms with Crippen LogP contribution in [-0.4, -0.2) is 61.3 Å². The molecule has 1 saturated heterocycles. The van der Waals surface area contributed by atoms with Crippen molar-refractivity contribution in [1.82, 2.24) is 9.80 Å². The molecule has 0 radical (unpaired) electrons. The summed E-state index contributed by atoms with van der Waals surface area (Å²) in [7, 11) is 3.72. The van der Waals surface area contributed by atoms with E-state index in [4.69, 9.17) is 0 Å². The Morgan fingerprint density at radius 1 is 1.33 bits per heavy atom. The first-order chi connectivity index (χ1) is 11.2. The lowest BCUT2D eigenvalue weighted by atomic mass is 9.97. The van der Waals surface area contributed by atoms with Gasteiger partial charge in [0.1, 0.15) is 6.17 Å². The molecule has 1 unspecified atom stereocenters. The number of hydrogen-bond donors (Lipinski definition) is 0. The molecule has 1 amide bonds. The predicted molar refractivity (Wildman–Crippen MR) is 84.2 cm³/mol. The van der Waals surface area contributed by atoms with Gasteiger partial charge in [-0.2, -0.15) is 13.2 Å². The maximum absolute atomic E-state index is 13.4. The van der Waals surface area contributed by atoms with Crippen LogP contribution in [0.15, 0.2) is 35.5 Å². The summed E-state index contributed by atoms with van der Waals surface area (Å²) < 4.78 is 51.6. The molecule has 1 aliphatic heterocycles. The van der Waals surface area contributed by atoms with Crippen molar-refractivity contribution >= 4 is 5.91 Å². The van der Waals surface area contributed by atoms with E-state index in [0.717, 1.165) is 32.0 Å². The van der Waals surface area contributed by atoms with Gasteiger partial charge < -0.3 is 9.80 Å². The Kier molecular flexibility index (Phi) is 5.85. The van der Waals surface area contributed by atoms with Gasteiger partial charge in [-0.3, -0.25) is 4.79 Å². The summed E-state index contributed by atoms with van der Waals surface area (Å²) in [5.74, 6) is -0.255. The number of allylic oxidation sites excluding steroid dienone is 5. The molecule has 0 saturated carbocycles. The zero-order chi connectivity index (χ0) is 17.9. The van der Waals surface area contributed by atoms with Crippen LogP contribution in [0, 0.1) is 0 Å². The summed E-state index contributed by atoms with van der Waals surface area (Å²) in [5, 5.41) is 0. The Bertz CT molecular complexity index is 557. The van der Waals surface area contributed by atoms with E-state index in [9.17, 15) is 22.4 Å². The van der Waals surface area contributed by atoms with Crippen molar-refractivity contribution in [2.45, 2.75) is 37.7 Å². The van der Waals surface area contributed by atoms with Gasteiger partial charge in [-0.15, -0.1) is 0 Å². The zero-order valence-electron chi connectivity index (χ0n) is 13.8. The fourth-order valence-electron chi connectivity index (χ4n) is 2.92. The third kappa shape index (κ3) is 4.69. The number of amides is 1. The van der Waals surface area contributed by atoms with Crippen LogP contribution < -0.4 is 0 Å². The molecule has 0 aromatic carbocycles. The van der Waals surface area contributed by atoms with E-state index in [0.29, 0.717) is 0 Å². The van der Waals surface area contributed by atoms with E-state index in [-0.39, 0.29) is 23.9 Å². The van der Waals surface area contributed by atoms with Gasteiger partial charge in [-0.05, 0) is 50.7 Å². The molecule has 0 spiro atoms. The van der Waals surface area contributed by atoms with Gasteiger partial charge in [-0.1, -0.05) is 6.08 Å². The summed E-state index contributed by atoms with van der Waals surface area (Å²) in [5.41, 5.74) is -0.984. The maximum atomic E-state index is 13.4. The second-order valence-electron chi connectivity index (χ2n) is 6.32. The maximum Gasteiger partial charge on any atom is 0.415 e. The summed E-state index contributed by atoms with van der Waals surface area (Å²) in [6, 6.07) is 0.134. The first-order valence-electron chi connectivity index (χ1n) is 7.95. The van der Waals surface area contributed by atoms with Gasteiger partial charge in [-0.25, -0.2) is 4.39 Å². The largest absolute Gasteiger partial charge is 0.415 e. The lowest BCUT2D eigenvalue weighted by molar-refractivity contribution is -0.127. The minimum absolute atomic E-state index is 0.134. The first-order valence-corrected chi connectivity index (χ1v) is 7.95. The molecule has 0 N–H and O–H groups in total. The van der Waals surface area contributed by atoms with E-state index < -0.39 is 17.9 Å². The Morgan fingerprint density at radius 2 is 1.96 bits per heavy atom. The molecule has 134 valence electrons. The van der Waals surface area contributed by atoms with Gasteiger partial charge in [0, 0.05) is 25.6 Å². The van der Waals surface area contributed by atoms with Crippen molar-refractivity contribution in [3.05, 3.63) is 35.5 Å². The smallest absolute Gasteiger partial charge is 0.339 e. The third-order valence-electron chi connectivity index (χ3n) is 4.55. The van der Waals surface area contributed by atoms with Gasteiger partial charge >= 0.3 is 6.18 Å². The topological polar surface area (TPSA) is 23.6 Å². The number of likely N-dealkylation sites (tertiary alicyclic amines) is 1. The second kappa shape index (κ2) is 7.51. The molecule has 0 aromatic heterocycles. The molecule has 0 aromatic rings. The van der Waals surface area contributed by atoms with Crippen LogP contribution in [0.3, 0.4) is 0 Å². The number of carbonyl (C=O) groups is 1. The molecular weight excluding hydrogens is 324 g/mol. The summed E-state index contributed by atoms with van der Waals surface area (Å²) in [6.45, 7) is 1.82. The highest BCUT2D eigenvalue weighted by Gasteiger charge is 2.39. The van der Waals surface area contributed by atoms with Crippen LogP contribution in [-0.2, 0) is 4.79 Å². The molecule has 3 nitrogen and oxygen atoms in total. The van der Waals surface area contributed by atoms with Gasteiger partial charge in [0.05, 0.1) is 5.57 Å². The fourth-order valence-corrected chi connectivity index (χ4v) is 2.92. The number of nitrogens with zero attached hydrogens (tertiary/aromatic N) is 2. The number of alkyl halides is 4. The van der Waals surface area contributed by atoms with Crippen molar-refractivity contribution in [3.8, 4) is 0 Å². The van der Waals surface area contributed by atoms with Crippen molar-refractivity contribution in [1.29, 1.82) is 0 Å². The third-order valence-corrected chi connectivity index (χ3v) is 4.55. The Morgan fingerprint density at radius 3 is 2.54 bits per heavy atom. The molecule has 0 bridgehead atoms. The first kappa shape index (κ1) is 18.7. The fraction of sp³-hybridized carbons (Fsp3) is 0.588. The lowest BCUT2D eigenvalue weighted by Gasteiger charge is -2.34. The second-order valence-corrected chi connectivity index (χ2v) is 6.32. The quantitative estimate of drug-likeness (QED) is 0.579. The molecular formula is C17H22F4N2O. The van der Waals surface area contributed by atoms with Crippen LogP contribution >= 0.6 is 0 Å². The molecule has 24 heavy (non-hydrogen) atoms. The molecule has 2 rings (SSSR count). The van der Waals surface area contributed by atoms with E-state index in [1.54, 1.807) is 11.9 Å². The van der Waals surface area contributed by atoms with Crippen molar-refractivity contribution in [2.75, 3.05) is 27.2 Å². The average Bonchev–Trinajstić information content (AvgIpc) is 2.52. The minimum Gasteiger partial charge on any atom is -0.339 e. The minimum atomic E-state index is -4.69. The number of piperidine rings is 1. The monoisotopic (exact) mass is 346 g/mol. The number of carbonyl (C=O) groups excluding carboxylic acids is 1. The number of halogens is 4. The van der Waals surface area contributed by atoms with Gasteiger partial charge in [0.25, 0.3) is 0 Å². The van der Waals surface area contributed by atoms with Crippen molar-refractivity contribution in [2.24, 2.45) is 0 Å². The predicted octanol–water partition coefficient (Wildman–Crippen LogP) is 3.25.